The Kier molecular flexibility index (Phi) is 9.00. The van der Waals surface area contributed by atoms with Gasteiger partial charge in [0, 0.05) is 12.6 Å². The molecule has 1 aromatic rings. The van der Waals surface area contributed by atoms with E-state index in [2.05, 4.69) is 31.1 Å². The number of unbranched alkanes of at least 4 members (excludes halogenated alkanes) is 1. The van der Waals surface area contributed by atoms with E-state index in [0.717, 1.165) is 43.9 Å². The van der Waals surface area contributed by atoms with Crippen LogP contribution in [0.5, 0.6) is 5.75 Å². The van der Waals surface area contributed by atoms with Gasteiger partial charge in [-0.1, -0.05) is 20.3 Å². The number of ether oxygens (including phenoxy) is 2. The molecular weight excluding hydrogens is 252 g/mol. The highest BCUT2D eigenvalue weighted by Gasteiger charge is 2.05. The van der Waals surface area contributed by atoms with E-state index in [4.69, 9.17) is 9.47 Å². The molecule has 1 N–H and O–H groups in total. The predicted molar refractivity (Wildman–Crippen MR) is 82.2 cm³/mol. The molecule has 1 atom stereocenters. The summed E-state index contributed by atoms with van der Waals surface area (Å²) in [5.74, 6) is 0.801. The van der Waals surface area contributed by atoms with Gasteiger partial charge in [-0.2, -0.15) is 0 Å². The summed E-state index contributed by atoms with van der Waals surface area (Å²) in [6.45, 7) is 9.48. The van der Waals surface area contributed by atoms with Crippen LogP contribution in [0.1, 0.15) is 51.8 Å². The van der Waals surface area contributed by atoms with Gasteiger partial charge in [-0.3, -0.25) is 4.98 Å². The average Bonchev–Trinajstić information content (AvgIpc) is 2.49. The van der Waals surface area contributed by atoms with E-state index < -0.39 is 0 Å². The molecule has 0 bridgehead atoms. The van der Waals surface area contributed by atoms with Crippen molar-refractivity contribution in [2.24, 2.45) is 0 Å². The lowest BCUT2D eigenvalue weighted by Gasteiger charge is -2.13. The predicted octanol–water partition coefficient (Wildman–Crippen LogP) is 3.34. The maximum atomic E-state index is 5.59. The Hall–Kier alpha value is -1.13. The standard InChI is InChI=1S/C16H28N2O2/c1-4-6-10-19-11-12-20-15-7-8-16(18-13-15)14(3)17-9-5-2/h7-8,13-14,17H,4-6,9-12H2,1-3H3. The van der Waals surface area contributed by atoms with Crippen LogP contribution in [0.2, 0.25) is 0 Å². The number of nitrogens with zero attached hydrogens (tertiary/aromatic N) is 1. The smallest absolute Gasteiger partial charge is 0.137 e. The third-order valence-electron chi connectivity index (χ3n) is 3.04. The van der Waals surface area contributed by atoms with Gasteiger partial charge in [0.15, 0.2) is 0 Å². The SMILES string of the molecule is CCCCOCCOc1ccc(C(C)NCCC)nc1. The normalized spacial score (nSPS) is 12.3. The summed E-state index contributed by atoms with van der Waals surface area (Å²) >= 11 is 0. The van der Waals surface area contributed by atoms with Crippen LogP contribution in [0.25, 0.3) is 0 Å². The van der Waals surface area contributed by atoms with Crippen LogP contribution < -0.4 is 10.1 Å². The number of pyridine rings is 1. The minimum Gasteiger partial charge on any atom is -0.490 e. The van der Waals surface area contributed by atoms with E-state index in [0.29, 0.717) is 13.2 Å². The zero-order chi connectivity index (χ0) is 14.6. The van der Waals surface area contributed by atoms with Crippen molar-refractivity contribution in [1.82, 2.24) is 10.3 Å². The Bertz CT molecular complexity index is 341. The number of hydrogen-bond acceptors (Lipinski definition) is 4. The van der Waals surface area contributed by atoms with E-state index >= 15 is 0 Å². The second-order valence-electron chi connectivity index (χ2n) is 4.91. The van der Waals surface area contributed by atoms with Crippen LogP contribution in [-0.2, 0) is 4.74 Å². The van der Waals surface area contributed by atoms with Gasteiger partial charge >= 0.3 is 0 Å². The van der Waals surface area contributed by atoms with Crippen LogP contribution in [-0.4, -0.2) is 31.3 Å². The fourth-order valence-electron chi connectivity index (χ4n) is 1.77. The van der Waals surface area contributed by atoms with Gasteiger partial charge in [0.25, 0.3) is 0 Å². The molecule has 0 aliphatic rings. The summed E-state index contributed by atoms with van der Waals surface area (Å²) in [6, 6.07) is 4.26. The van der Waals surface area contributed by atoms with Crippen LogP contribution in [0.3, 0.4) is 0 Å². The molecule has 0 radical (unpaired) electrons. The van der Waals surface area contributed by atoms with Gasteiger partial charge in [-0.25, -0.2) is 0 Å². The Morgan fingerprint density at radius 2 is 2.00 bits per heavy atom. The molecule has 4 heteroatoms. The first kappa shape index (κ1) is 16.9. The zero-order valence-electron chi connectivity index (χ0n) is 13.0. The first-order valence-electron chi connectivity index (χ1n) is 7.67. The lowest BCUT2D eigenvalue weighted by Crippen LogP contribution is -2.20. The largest absolute Gasteiger partial charge is 0.490 e. The van der Waals surface area contributed by atoms with Crippen LogP contribution in [0.4, 0.5) is 0 Å². The van der Waals surface area contributed by atoms with E-state index in [9.17, 15) is 0 Å². The second kappa shape index (κ2) is 10.6. The minimum atomic E-state index is 0.279. The molecule has 4 nitrogen and oxygen atoms in total. The highest BCUT2D eigenvalue weighted by Crippen LogP contribution is 2.14. The van der Waals surface area contributed by atoms with Crippen molar-refractivity contribution >= 4 is 0 Å². The molecule has 0 aliphatic carbocycles. The summed E-state index contributed by atoms with van der Waals surface area (Å²) in [6.07, 6.45) is 5.18. The molecule has 0 fully saturated rings. The quantitative estimate of drug-likeness (QED) is 0.631. The van der Waals surface area contributed by atoms with Gasteiger partial charge in [-0.15, -0.1) is 0 Å². The van der Waals surface area contributed by atoms with Gasteiger partial charge in [0.2, 0.25) is 0 Å². The van der Waals surface area contributed by atoms with Gasteiger partial charge in [-0.05, 0) is 38.4 Å². The topological polar surface area (TPSA) is 43.4 Å². The molecule has 0 aromatic carbocycles. The van der Waals surface area contributed by atoms with E-state index in [-0.39, 0.29) is 6.04 Å². The second-order valence-corrected chi connectivity index (χ2v) is 4.91. The van der Waals surface area contributed by atoms with Crippen LogP contribution >= 0.6 is 0 Å². The van der Waals surface area contributed by atoms with Crippen molar-refractivity contribution in [2.45, 2.75) is 46.1 Å². The van der Waals surface area contributed by atoms with E-state index in [1.807, 2.05) is 12.1 Å². The molecule has 1 unspecified atom stereocenters. The molecule has 0 saturated heterocycles. The maximum Gasteiger partial charge on any atom is 0.137 e. The molecule has 1 rings (SSSR count). The summed E-state index contributed by atoms with van der Waals surface area (Å²) < 4.78 is 11.0. The molecule has 114 valence electrons. The summed E-state index contributed by atoms with van der Waals surface area (Å²) in [5, 5.41) is 3.42. The Balaban J connectivity index is 2.24. The average molecular weight is 280 g/mol. The third kappa shape index (κ3) is 6.87. The Morgan fingerprint density at radius 1 is 1.15 bits per heavy atom. The third-order valence-corrected chi connectivity index (χ3v) is 3.04. The summed E-state index contributed by atoms with van der Waals surface area (Å²) in [5.41, 5.74) is 1.05. The van der Waals surface area contributed by atoms with Crippen molar-refractivity contribution in [1.29, 1.82) is 0 Å². The lowest BCUT2D eigenvalue weighted by atomic mass is 10.2. The van der Waals surface area contributed by atoms with E-state index in [1.165, 1.54) is 0 Å². The summed E-state index contributed by atoms with van der Waals surface area (Å²) in [7, 11) is 0. The molecule has 1 heterocycles. The minimum absolute atomic E-state index is 0.279. The maximum absolute atomic E-state index is 5.59. The number of rotatable bonds is 11. The first-order valence-corrected chi connectivity index (χ1v) is 7.67. The molecule has 20 heavy (non-hydrogen) atoms. The highest BCUT2D eigenvalue weighted by molar-refractivity contribution is 5.21. The van der Waals surface area contributed by atoms with E-state index in [1.54, 1.807) is 6.20 Å². The van der Waals surface area contributed by atoms with Gasteiger partial charge in [0.05, 0.1) is 18.5 Å². The van der Waals surface area contributed by atoms with Crippen molar-refractivity contribution in [3.63, 3.8) is 0 Å². The fraction of sp³-hybridized carbons (Fsp3) is 0.688. The number of nitrogens with one attached hydrogen (secondary N) is 1. The van der Waals surface area contributed by atoms with Crippen molar-refractivity contribution in [3.8, 4) is 5.75 Å². The zero-order valence-corrected chi connectivity index (χ0v) is 13.0. The molecule has 0 amide bonds. The van der Waals surface area contributed by atoms with Crippen molar-refractivity contribution in [2.75, 3.05) is 26.4 Å². The number of aromatic nitrogens is 1. The molecular formula is C16H28N2O2. The number of hydrogen-bond donors (Lipinski definition) is 1. The monoisotopic (exact) mass is 280 g/mol. The molecule has 0 spiro atoms. The van der Waals surface area contributed by atoms with Crippen LogP contribution in [0, 0.1) is 0 Å². The van der Waals surface area contributed by atoms with Gasteiger partial charge in [0.1, 0.15) is 12.4 Å². The Morgan fingerprint density at radius 3 is 2.65 bits per heavy atom. The lowest BCUT2D eigenvalue weighted by molar-refractivity contribution is 0.0979. The molecule has 1 aromatic heterocycles. The molecule has 0 aliphatic heterocycles. The van der Waals surface area contributed by atoms with Crippen molar-refractivity contribution in [3.05, 3.63) is 24.0 Å². The van der Waals surface area contributed by atoms with Crippen molar-refractivity contribution < 1.29 is 9.47 Å². The highest BCUT2D eigenvalue weighted by atomic mass is 16.5. The first-order chi connectivity index (χ1) is 9.77. The fourth-order valence-corrected chi connectivity index (χ4v) is 1.77. The Labute approximate surface area is 122 Å². The summed E-state index contributed by atoms with van der Waals surface area (Å²) in [4.78, 5) is 4.43. The van der Waals surface area contributed by atoms with Crippen LogP contribution in [0.15, 0.2) is 18.3 Å². The molecule has 0 saturated carbocycles. The van der Waals surface area contributed by atoms with Gasteiger partial charge < -0.3 is 14.8 Å².